The van der Waals surface area contributed by atoms with E-state index in [1.54, 1.807) is 11.3 Å². The van der Waals surface area contributed by atoms with Crippen molar-refractivity contribution in [3.63, 3.8) is 0 Å². The van der Waals surface area contributed by atoms with Gasteiger partial charge in [0, 0.05) is 36.8 Å². The van der Waals surface area contributed by atoms with Crippen LogP contribution in [0.2, 0.25) is 0 Å². The van der Waals surface area contributed by atoms with Crippen LogP contribution >= 0.6 is 11.3 Å². The van der Waals surface area contributed by atoms with Crippen molar-refractivity contribution in [2.45, 2.75) is 39.5 Å². The zero-order valence-corrected chi connectivity index (χ0v) is 13.8. The number of fused-ring (bicyclic) bond motifs is 1. The maximum absolute atomic E-state index is 12.5. The van der Waals surface area contributed by atoms with E-state index in [1.807, 2.05) is 30.8 Å². The first-order chi connectivity index (χ1) is 10.6. The molecule has 0 spiro atoms. The fraction of sp³-hybridized carbons (Fsp3) is 0.500. The second-order valence-corrected chi connectivity index (χ2v) is 7.15. The Kier molecular flexibility index (Phi) is 4.59. The second kappa shape index (κ2) is 6.62. The van der Waals surface area contributed by atoms with Gasteiger partial charge >= 0.3 is 0 Å². The van der Waals surface area contributed by atoms with E-state index >= 15 is 0 Å². The third-order valence-corrected chi connectivity index (χ3v) is 4.68. The molecule has 0 radical (unpaired) electrons. The highest BCUT2D eigenvalue weighted by Crippen LogP contribution is 2.20. The van der Waals surface area contributed by atoms with Gasteiger partial charge in [0.05, 0.1) is 18.2 Å². The SMILES string of the molecule is CC(C)NC(=O)C1CN(Cc2cccs2)Cc2ccnn2C1. The minimum atomic E-state index is -0.0662. The number of rotatable bonds is 4. The highest BCUT2D eigenvalue weighted by Gasteiger charge is 2.27. The lowest BCUT2D eigenvalue weighted by molar-refractivity contribution is -0.126. The van der Waals surface area contributed by atoms with Gasteiger partial charge in [0.1, 0.15) is 0 Å². The van der Waals surface area contributed by atoms with Gasteiger partial charge in [-0.05, 0) is 31.4 Å². The standard InChI is InChI=1S/C16H22N4OS/c1-12(2)18-16(21)13-8-19(11-15-4-3-7-22-15)10-14-5-6-17-20(14)9-13/h3-7,12-13H,8-11H2,1-2H3,(H,18,21). The Hall–Kier alpha value is -1.66. The quantitative estimate of drug-likeness (QED) is 0.939. The molecule has 1 unspecified atom stereocenters. The largest absolute Gasteiger partial charge is 0.354 e. The lowest BCUT2D eigenvalue weighted by Crippen LogP contribution is -2.41. The first-order valence-electron chi connectivity index (χ1n) is 7.67. The number of carbonyl (C=O) groups is 1. The first kappa shape index (κ1) is 15.2. The van der Waals surface area contributed by atoms with Gasteiger partial charge in [0.15, 0.2) is 0 Å². The Labute approximate surface area is 134 Å². The Morgan fingerprint density at radius 3 is 3.05 bits per heavy atom. The molecule has 1 N–H and O–H groups in total. The van der Waals surface area contributed by atoms with Crippen molar-refractivity contribution >= 4 is 17.2 Å². The van der Waals surface area contributed by atoms with Crippen LogP contribution in [0.3, 0.4) is 0 Å². The molecule has 0 fully saturated rings. The third-order valence-electron chi connectivity index (χ3n) is 3.82. The van der Waals surface area contributed by atoms with E-state index in [2.05, 4.69) is 32.8 Å². The number of nitrogens with zero attached hydrogens (tertiary/aromatic N) is 3. The average Bonchev–Trinajstić information content (AvgIpc) is 3.07. The Balaban J connectivity index is 1.78. The summed E-state index contributed by atoms with van der Waals surface area (Å²) in [6.45, 7) is 7.13. The van der Waals surface area contributed by atoms with E-state index in [0.717, 1.165) is 19.6 Å². The molecule has 0 saturated heterocycles. The number of hydrogen-bond donors (Lipinski definition) is 1. The summed E-state index contributed by atoms with van der Waals surface area (Å²) in [7, 11) is 0. The summed E-state index contributed by atoms with van der Waals surface area (Å²) in [4.78, 5) is 16.1. The van der Waals surface area contributed by atoms with Crippen molar-refractivity contribution in [2.75, 3.05) is 6.54 Å². The van der Waals surface area contributed by atoms with Crippen molar-refractivity contribution < 1.29 is 4.79 Å². The molecule has 5 nitrogen and oxygen atoms in total. The van der Waals surface area contributed by atoms with E-state index in [4.69, 9.17) is 0 Å². The van der Waals surface area contributed by atoms with Gasteiger partial charge in [-0.1, -0.05) is 6.07 Å². The molecule has 3 heterocycles. The summed E-state index contributed by atoms with van der Waals surface area (Å²) >= 11 is 1.76. The lowest BCUT2D eigenvalue weighted by Gasteiger charge is -2.23. The van der Waals surface area contributed by atoms with Gasteiger partial charge in [-0.2, -0.15) is 5.10 Å². The number of amides is 1. The lowest BCUT2D eigenvalue weighted by atomic mass is 10.1. The minimum Gasteiger partial charge on any atom is -0.354 e. The molecule has 1 aliphatic heterocycles. The summed E-state index contributed by atoms with van der Waals surface area (Å²) in [5, 5.41) is 9.51. The molecule has 22 heavy (non-hydrogen) atoms. The van der Waals surface area contributed by atoms with Gasteiger partial charge < -0.3 is 5.32 Å². The van der Waals surface area contributed by atoms with Crippen molar-refractivity contribution in [1.29, 1.82) is 0 Å². The summed E-state index contributed by atoms with van der Waals surface area (Å²) < 4.78 is 1.97. The van der Waals surface area contributed by atoms with Crippen LogP contribution in [-0.2, 0) is 24.4 Å². The minimum absolute atomic E-state index is 0.0662. The molecular formula is C16H22N4OS. The van der Waals surface area contributed by atoms with Crippen molar-refractivity contribution in [2.24, 2.45) is 5.92 Å². The zero-order chi connectivity index (χ0) is 15.5. The van der Waals surface area contributed by atoms with Crippen LogP contribution in [-0.4, -0.2) is 33.2 Å². The third kappa shape index (κ3) is 3.56. The molecule has 1 aliphatic rings. The molecule has 0 saturated carbocycles. The van der Waals surface area contributed by atoms with Crippen molar-refractivity contribution in [3.05, 3.63) is 40.3 Å². The van der Waals surface area contributed by atoms with Gasteiger partial charge in [-0.15, -0.1) is 11.3 Å². The molecule has 2 aromatic rings. The Morgan fingerprint density at radius 2 is 2.32 bits per heavy atom. The van der Waals surface area contributed by atoms with Crippen LogP contribution in [0.4, 0.5) is 0 Å². The molecule has 1 atom stereocenters. The molecule has 6 heteroatoms. The van der Waals surface area contributed by atoms with E-state index in [1.165, 1.54) is 10.6 Å². The summed E-state index contributed by atoms with van der Waals surface area (Å²) in [5.41, 5.74) is 1.18. The molecule has 0 aromatic carbocycles. The summed E-state index contributed by atoms with van der Waals surface area (Å²) in [5.74, 6) is 0.0537. The summed E-state index contributed by atoms with van der Waals surface area (Å²) in [6, 6.07) is 6.43. The van der Waals surface area contributed by atoms with Crippen LogP contribution in [0, 0.1) is 5.92 Å². The predicted octanol–water partition coefficient (Wildman–Crippen LogP) is 2.10. The van der Waals surface area contributed by atoms with Gasteiger partial charge in [-0.25, -0.2) is 0 Å². The number of aromatic nitrogens is 2. The topological polar surface area (TPSA) is 50.2 Å². The van der Waals surface area contributed by atoms with Crippen LogP contribution in [0.15, 0.2) is 29.8 Å². The van der Waals surface area contributed by atoms with E-state index in [0.29, 0.717) is 6.54 Å². The van der Waals surface area contributed by atoms with Crippen LogP contribution < -0.4 is 5.32 Å². The molecule has 1 amide bonds. The molecule has 0 bridgehead atoms. The fourth-order valence-electron chi connectivity index (χ4n) is 2.84. The van der Waals surface area contributed by atoms with E-state index in [9.17, 15) is 4.79 Å². The zero-order valence-electron chi connectivity index (χ0n) is 13.0. The van der Waals surface area contributed by atoms with Crippen LogP contribution in [0.1, 0.15) is 24.4 Å². The molecule has 2 aromatic heterocycles. The predicted molar refractivity (Wildman–Crippen MR) is 87.4 cm³/mol. The smallest absolute Gasteiger partial charge is 0.226 e. The van der Waals surface area contributed by atoms with Crippen molar-refractivity contribution in [1.82, 2.24) is 20.0 Å². The molecule has 0 aliphatic carbocycles. The maximum atomic E-state index is 12.5. The Bertz CT molecular complexity index is 620. The maximum Gasteiger partial charge on any atom is 0.226 e. The highest BCUT2D eigenvalue weighted by molar-refractivity contribution is 7.09. The van der Waals surface area contributed by atoms with Crippen LogP contribution in [0.25, 0.3) is 0 Å². The number of hydrogen-bond acceptors (Lipinski definition) is 4. The van der Waals surface area contributed by atoms with Crippen molar-refractivity contribution in [3.8, 4) is 0 Å². The molecule has 118 valence electrons. The van der Waals surface area contributed by atoms with E-state index < -0.39 is 0 Å². The monoisotopic (exact) mass is 318 g/mol. The fourth-order valence-corrected chi connectivity index (χ4v) is 3.59. The van der Waals surface area contributed by atoms with Gasteiger partial charge in [0.25, 0.3) is 0 Å². The number of nitrogens with one attached hydrogen (secondary N) is 1. The summed E-state index contributed by atoms with van der Waals surface area (Å²) in [6.07, 6.45) is 1.82. The van der Waals surface area contributed by atoms with Gasteiger partial charge in [0.2, 0.25) is 5.91 Å². The highest BCUT2D eigenvalue weighted by atomic mass is 32.1. The Morgan fingerprint density at radius 1 is 1.45 bits per heavy atom. The van der Waals surface area contributed by atoms with E-state index in [-0.39, 0.29) is 17.9 Å². The molecule has 3 rings (SSSR count). The second-order valence-electron chi connectivity index (χ2n) is 6.11. The van der Waals surface area contributed by atoms with Gasteiger partial charge in [-0.3, -0.25) is 14.4 Å². The normalized spacial score (nSPS) is 19.0. The van der Waals surface area contributed by atoms with Crippen LogP contribution in [0.5, 0.6) is 0 Å². The number of thiophene rings is 1. The number of carbonyl (C=O) groups excluding carboxylic acids is 1. The first-order valence-corrected chi connectivity index (χ1v) is 8.55. The molecular weight excluding hydrogens is 296 g/mol. The average molecular weight is 318 g/mol.